The molecule has 2 aromatic rings. The van der Waals surface area contributed by atoms with Crippen LogP contribution in [0.1, 0.15) is 56.9 Å². The molecule has 2 aliphatic heterocycles. The van der Waals surface area contributed by atoms with E-state index in [0.29, 0.717) is 57.5 Å². The minimum absolute atomic E-state index is 0.0750. The molecule has 3 aliphatic rings. The maximum absolute atomic E-state index is 13.7. The number of carbonyl (C=O) groups is 4. The van der Waals surface area contributed by atoms with E-state index in [9.17, 15) is 24.3 Å². The summed E-state index contributed by atoms with van der Waals surface area (Å²) in [4.78, 5) is 65.9. The third-order valence-corrected chi connectivity index (χ3v) is 9.07. The molecule has 1 aromatic heterocycles. The molecule has 242 valence electrons. The first-order valence-corrected chi connectivity index (χ1v) is 16.1. The number of hydrogen-bond acceptors (Lipinski definition) is 8. The van der Waals surface area contributed by atoms with Gasteiger partial charge >= 0.3 is 12.1 Å². The van der Waals surface area contributed by atoms with Crippen molar-refractivity contribution < 1.29 is 29.0 Å². The van der Waals surface area contributed by atoms with Gasteiger partial charge in [-0.3, -0.25) is 14.4 Å². The highest BCUT2D eigenvalue weighted by atomic mass is 16.6. The Bertz CT molecular complexity index is 1370. The van der Waals surface area contributed by atoms with E-state index in [1.807, 2.05) is 49.1 Å². The Hall–Kier alpha value is -4.22. The summed E-state index contributed by atoms with van der Waals surface area (Å²) in [6.45, 7) is 8.85. The molecule has 0 radical (unpaired) electrons. The number of carbonyl (C=O) groups excluding carboxylic acids is 3. The maximum atomic E-state index is 13.7. The van der Waals surface area contributed by atoms with Gasteiger partial charge in [0, 0.05) is 50.9 Å². The van der Waals surface area contributed by atoms with Crippen molar-refractivity contribution in [2.24, 2.45) is 23.7 Å². The van der Waals surface area contributed by atoms with Gasteiger partial charge in [0.15, 0.2) is 5.82 Å². The van der Waals surface area contributed by atoms with Gasteiger partial charge in [-0.05, 0) is 24.2 Å². The molecule has 5 rings (SSSR count). The van der Waals surface area contributed by atoms with Crippen LogP contribution < -0.4 is 10.2 Å². The molecule has 1 saturated carbocycles. The van der Waals surface area contributed by atoms with Gasteiger partial charge in [0.25, 0.3) is 5.91 Å². The minimum Gasteiger partial charge on any atom is -0.481 e. The number of nitrogens with zero attached hydrogens (tertiary/aromatic N) is 5. The molecular formula is C33H44N6O6. The fourth-order valence-corrected chi connectivity index (χ4v) is 6.32. The molecule has 0 bridgehead atoms. The third kappa shape index (κ3) is 7.54. The van der Waals surface area contributed by atoms with E-state index in [4.69, 9.17) is 9.72 Å². The molecule has 45 heavy (non-hydrogen) atoms. The SMILES string of the molecule is CCCCCCOC(=O)N1CCN(C(=O)[C@@H](NC(=O)c2cc(N3C[C@@H]4[C@H](C3)[C@@H]4C(=O)O)nc(-c3ccccc3)n2)C(C)C)CC1. The molecular weight excluding hydrogens is 576 g/mol. The van der Waals surface area contributed by atoms with Crippen LogP contribution in [-0.4, -0.2) is 101 Å². The van der Waals surface area contributed by atoms with E-state index in [-0.39, 0.29) is 41.4 Å². The Morgan fingerprint density at radius 1 is 0.956 bits per heavy atom. The Morgan fingerprint density at radius 2 is 1.62 bits per heavy atom. The van der Waals surface area contributed by atoms with Crippen LogP contribution in [0.4, 0.5) is 10.6 Å². The quantitative estimate of drug-likeness (QED) is 0.341. The van der Waals surface area contributed by atoms with Crippen LogP contribution in [0.5, 0.6) is 0 Å². The second-order valence-electron chi connectivity index (χ2n) is 12.6. The Balaban J connectivity index is 1.24. The monoisotopic (exact) mass is 620 g/mol. The largest absolute Gasteiger partial charge is 0.481 e. The molecule has 2 saturated heterocycles. The van der Waals surface area contributed by atoms with Crippen molar-refractivity contribution in [1.29, 1.82) is 0 Å². The number of carboxylic acid groups (broad SMARTS) is 1. The number of fused-ring (bicyclic) bond motifs is 1. The molecule has 0 spiro atoms. The Kier molecular flexibility index (Phi) is 10.2. The summed E-state index contributed by atoms with van der Waals surface area (Å²) < 4.78 is 5.41. The topological polar surface area (TPSA) is 145 Å². The number of benzene rings is 1. The van der Waals surface area contributed by atoms with E-state index in [1.165, 1.54) is 0 Å². The van der Waals surface area contributed by atoms with Gasteiger partial charge in [0.2, 0.25) is 5.91 Å². The second kappa shape index (κ2) is 14.3. The van der Waals surface area contributed by atoms with Crippen molar-refractivity contribution in [1.82, 2.24) is 25.1 Å². The first kappa shape index (κ1) is 32.2. The van der Waals surface area contributed by atoms with E-state index >= 15 is 0 Å². The zero-order valence-corrected chi connectivity index (χ0v) is 26.4. The average molecular weight is 621 g/mol. The average Bonchev–Trinajstić information content (AvgIpc) is 3.57. The number of ether oxygens (including phenoxy) is 1. The molecule has 12 nitrogen and oxygen atoms in total. The van der Waals surface area contributed by atoms with Crippen molar-refractivity contribution in [2.45, 2.75) is 52.5 Å². The summed E-state index contributed by atoms with van der Waals surface area (Å²) in [6, 6.07) is 10.2. The number of rotatable bonds is 12. The summed E-state index contributed by atoms with van der Waals surface area (Å²) in [5.41, 5.74) is 0.883. The number of unbranched alkanes of at least 4 members (excludes halogenated alkanes) is 3. The number of amides is 3. The number of nitrogens with one attached hydrogen (secondary N) is 1. The number of piperidine rings is 1. The Labute approximate surface area is 264 Å². The first-order chi connectivity index (χ1) is 21.7. The van der Waals surface area contributed by atoms with Crippen LogP contribution >= 0.6 is 0 Å². The lowest BCUT2D eigenvalue weighted by Gasteiger charge is -2.36. The molecule has 1 aromatic carbocycles. The van der Waals surface area contributed by atoms with E-state index in [2.05, 4.69) is 17.2 Å². The van der Waals surface area contributed by atoms with E-state index in [0.717, 1.165) is 31.2 Å². The van der Waals surface area contributed by atoms with Gasteiger partial charge < -0.3 is 29.9 Å². The van der Waals surface area contributed by atoms with Crippen LogP contribution in [0.25, 0.3) is 11.4 Å². The summed E-state index contributed by atoms with van der Waals surface area (Å²) >= 11 is 0. The minimum atomic E-state index is -0.788. The number of hydrogen-bond donors (Lipinski definition) is 2. The standard InChI is InChI=1S/C33H44N6O6/c1-4-5-6-10-17-45-33(44)38-15-13-37(14-16-38)31(41)28(21(2)3)36-30(40)25-18-26(35-29(34-25)22-11-8-7-9-12-22)39-19-23-24(20-39)27(23)32(42)43/h7-9,11-12,18,21,23-24,27-28H,4-6,10,13-17,19-20H2,1-3H3,(H,36,40)(H,42,43)/t23-,24+,27-,28-/m0/s1. The molecule has 4 atom stereocenters. The smallest absolute Gasteiger partial charge is 0.409 e. The van der Waals surface area contributed by atoms with Crippen molar-refractivity contribution in [2.75, 3.05) is 50.8 Å². The number of carboxylic acids is 1. The number of anilines is 1. The van der Waals surface area contributed by atoms with Crippen molar-refractivity contribution in [3.8, 4) is 11.4 Å². The molecule has 3 amide bonds. The summed E-state index contributed by atoms with van der Waals surface area (Å²) in [6.07, 6.45) is 3.76. The van der Waals surface area contributed by atoms with Crippen molar-refractivity contribution in [3.63, 3.8) is 0 Å². The summed E-state index contributed by atoms with van der Waals surface area (Å²) in [7, 11) is 0. The molecule has 12 heteroatoms. The van der Waals surface area contributed by atoms with Crippen LogP contribution in [-0.2, 0) is 14.3 Å². The zero-order chi connectivity index (χ0) is 32.1. The summed E-state index contributed by atoms with van der Waals surface area (Å²) in [5.74, 6) is -0.872. The van der Waals surface area contributed by atoms with Crippen LogP contribution in [0, 0.1) is 23.7 Å². The Morgan fingerprint density at radius 3 is 2.24 bits per heavy atom. The highest BCUT2D eigenvalue weighted by Crippen LogP contribution is 2.52. The first-order valence-electron chi connectivity index (χ1n) is 16.1. The molecule has 1 aliphatic carbocycles. The molecule has 2 N–H and O–H groups in total. The fourth-order valence-electron chi connectivity index (χ4n) is 6.32. The van der Waals surface area contributed by atoms with Gasteiger partial charge in [-0.2, -0.15) is 0 Å². The van der Waals surface area contributed by atoms with Crippen LogP contribution in [0.3, 0.4) is 0 Å². The van der Waals surface area contributed by atoms with Gasteiger partial charge in [-0.1, -0.05) is 70.4 Å². The predicted octanol–water partition coefficient (Wildman–Crippen LogP) is 3.53. The van der Waals surface area contributed by atoms with Crippen LogP contribution in [0.15, 0.2) is 36.4 Å². The predicted molar refractivity (Wildman–Crippen MR) is 168 cm³/mol. The van der Waals surface area contributed by atoms with Gasteiger partial charge in [0.05, 0.1) is 12.5 Å². The number of aromatic nitrogens is 2. The maximum Gasteiger partial charge on any atom is 0.409 e. The second-order valence-corrected chi connectivity index (χ2v) is 12.6. The lowest BCUT2D eigenvalue weighted by atomic mass is 10.0. The van der Waals surface area contributed by atoms with Crippen molar-refractivity contribution >= 4 is 29.7 Å². The van der Waals surface area contributed by atoms with Crippen molar-refractivity contribution in [3.05, 3.63) is 42.1 Å². The zero-order valence-electron chi connectivity index (χ0n) is 26.4. The fraction of sp³-hybridized carbons (Fsp3) is 0.576. The normalized spacial score (nSPS) is 21.3. The van der Waals surface area contributed by atoms with Gasteiger partial charge in [-0.25, -0.2) is 14.8 Å². The highest BCUT2D eigenvalue weighted by Gasteiger charge is 2.60. The van der Waals surface area contributed by atoms with Gasteiger partial charge in [0.1, 0.15) is 17.6 Å². The van der Waals surface area contributed by atoms with E-state index < -0.39 is 17.9 Å². The van der Waals surface area contributed by atoms with Crippen LogP contribution in [0.2, 0.25) is 0 Å². The lowest BCUT2D eigenvalue weighted by molar-refractivity contribution is -0.139. The summed E-state index contributed by atoms with van der Waals surface area (Å²) in [5, 5.41) is 12.4. The molecule has 3 heterocycles. The number of piperazine rings is 1. The number of aliphatic carboxylic acids is 1. The lowest BCUT2D eigenvalue weighted by Crippen LogP contribution is -2.57. The van der Waals surface area contributed by atoms with Gasteiger partial charge in [-0.15, -0.1) is 0 Å². The van der Waals surface area contributed by atoms with E-state index in [1.54, 1.807) is 15.9 Å². The molecule has 0 unspecified atom stereocenters. The molecule has 3 fully saturated rings. The highest BCUT2D eigenvalue weighted by molar-refractivity contribution is 5.97. The third-order valence-electron chi connectivity index (χ3n) is 9.07.